The lowest BCUT2D eigenvalue weighted by Gasteiger charge is -2.22. The van der Waals surface area contributed by atoms with Crippen molar-refractivity contribution >= 4 is 17.4 Å². The summed E-state index contributed by atoms with van der Waals surface area (Å²) in [6.07, 6.45) is 6.03. The van der Waals surface area contributed by atoms with Crippen LogP contribution >= 0.6 is 0 Å². The lowest BCUT2D eigenvalue weighted by Crippen LogP contribution is -2.40. The molecule has 2 atom stereocenters. The number of nitrogens with zero attached hydrogens (tertiary/aromatic N) is 3. The summed E-state index contributed by atoms with van der Waals surface area (Å²) in [5.41, 5.74) is 3.18. The highest BCUT2D eigenvalue weighted by Crippen LogP contribution is 2.31. The van der Waals surface area contributed by atoms with Crippen molar-refractivity contribution in [3.05, 3.63) is 78.8 Å². The molecule has 168 valence electrons. The SMILES string of the molecule is COc1ccc(-c2nc3cnccn3c2NC2CCOC2CNC(=O)c2ccccc2)cc1. The molecular weight excluding hydrogens is 418 g/mol. The zero-order valence-corrected chi connectivity index (χ0v) is 18.3. The third-order valence-corrected chi connectivity index (χ3v) is 5.83. The Kier molecular flexibility index (Phi) is 5.91. The van der Waals surface area contributed by atoms with Crippen molar-refractivity contribution in [2.45, 2.75) is 18.6 Å². The van der Waals surface area contributed by atoms with Crippen LogP contribution in [-0.4, -0.2) is 52.7 Å². The second-order valence-electron chi connectivity index (χ2n) is 7.87. The summed E-state index contributed by atoms with van der Waals surface area (Å²) in [5.74, 6) is 1.55. The van der Waals surface area contributed by atoms with Gasteiger partial charge in [0.2, 0.25) is 0 Å². The van der Waals surface area contributed by atoms with E-state index >= 15 is 0 Å². The summed E-state index contributed by atoms with van der Waals surface area (Å²) in [5, 5.41) is 6.63. The molecule has 0 spiro atoms. The molecule has 5 rings (SSSR count). The number of carbonyl (C=O) groups excluding carboxylic acids is 1. The van der Waals surface area contributed by atoms with Crippen molar-refractivity contribution in [2.75, 3.05) is 25.6 Å². The second-order valence-corrected chi connectivity index (χ2v) is 7.87. The van der Waals surface area contributed by atoms with E-state index in [0.29, 0.717) is 18.7 Å². The molecule has 1 aliphatic heterocycles. The van der Waals surface area contributed by atoms with Gasteiger partial charge in [0.1, 0.15) is 17.3 Å². The maximum Gasteiger partial charge on any atom is 0.251 e. The predicted molar refractivity (Wildman–Crippen MR) is 126 cm³/mol. The van der Waals surface area contributed by atoms with Gasteiger partial charge in [-0.15, -0.1) is 0 Å². The Morgan fingerprint density at radius 1 is 1.18 bits per heavy atom. The van der Waals surface area contributed by atoms with Gasteiger partial charge in [-0.25, -0.2) is 4.98 Å². The molecular formula is C25H25N5O3. The summed E-state index contributed by atoms with van der Waals surface area (Å²) < 4.78 is 13.2. The number of methoxy groups -OCH3 is 1. The highest BCUT2D eigenvalue weighted by atomic mass is 16.5. The lowest BCUT2D eigenvalue weighted by molar-refractivity contribution is 0.0845. The molecule has 2 unspecified atom stereocenters. The number of benzene rings is 2. The van der Waals surface area contributed by atoms with Crippen LogP contribution in [0.2, 0.25) is 0 Å². The van der Waals surface area contributed by atoms with E-state index in [1.807, 2.05) is 53.1 Å². The smallest absolute Gasteiger partial charge is 0.251 e. The lowest BCUT2D eigenvalue weighted by atomic mass is 10.1. The maximum atomic E-state index is 12.5. The number of hydrogen-bond acceptors (Lipinski definition) is 6. The minimum Gasteiger partial charge on any atom is -0.497 e. The van der Waals surface area contributed by atoms with E-state index in [-0.39, 0.29) is 18.1 Å². The number of imidazole rings is 1. The second kappa shape index (κ2) is 9.30. The zero-order valence-electron chi connectivity index (χ0n) is 18.3. The predicted octanol–water partition coefficient (Wildman–Crippen LogP) is 3.40. The average molecular weight is 444 g/mol. The van der Waals surface area contributed by atoms with E-state index in [0.717, 1.165) is 34.9 Å². The molecule has 1 amide bonds. The van der Waals surface area contributed by atoms with Gasteiger partial charge in [0.15, 0.2) is 5.65 Å². The molecule has 1 aliphatic rings. The van der Waals surface area contributed by atoms with Crippen molar-refractivity contribution < 1.29 is 14.3 Å². The minimum atomic E-state index is -0.159. The van der Waals surface area contributed by atoms with Gasteiger partial charge < -0.3 is 20.1 Å². The van der Waals surface area contributed by atoms with Crippen LogP contribution in [0.15, 0.2) is 73.2 Å². The van der Waals surface area contributed by atoms with E-state index in [1.165, 1.54) is 0 Å². The van der Waals surface area contributed by atoms with Crippen LogP contribution in [0, 0.1) is 0 Å². The van der Waals surface area contributed by atoms with Crippen molar-refractivity contribution in [2.24, 2.45) is 0 Å². The van der Waals surface area contributed by atoms with Crippen molar-refractivity contribution in [1.29, 1.82) is 0 Å². The Labute approximate surface area is 191 Å². The molecule has 4 aromatic rings. The highest BCUT2D eigenvalue weighted by Gasteiger charge is 2.30. The van der Waals surface area contributed by atoms with Gasteiger partial charge >= 0.3 is 0 Å². The van der Waals surface area contributed by atoms with Gasteiger partial charge in [-0.2, -0.15) is 0 Å². The number of nitrogens with one attached hydrogen (secondary N) is 2. The molecule has 0 saturated carbocycles. The van der Waals surface area contributed by atoms with Crippen LogP contribution in [0.25, 0.3) is 16.9 Å². The number of ether oxygens (including phenoxy) is 2. The molecule has 1 fully saturated rings. The van der Waals surface area contributed by atoms with Crippen LogP contribution < -0.4 is 15.4 Å². The van der Waals surface area contributed by atoms with Crippen molar-refractivity contribution in [1.82, 2.24) is 19.7 Å². The Balaban J connectivity index is 1.38. The van der Waals surface area contributed by atoms with E-state index in [1.54, 1.807) is 31.6 Å². The first kappa shape index (κ1) is 21.0. The summed E-state index contributed by atoms with van der Waals surface area (Å²) in [6.45, 7) is 1.04. The molecule has 0 bridgehead atoms. The highest BCUT2D eigenvalue weighted by molar-refractivity contribution is 5.94. The fourth-order valence-electron chi connectivity index (χ4n) is 4.07. The fraction of sp³-hybridized carbons (Fsp3) is 0.240. The summed E-state index contributed by atoms with van der Waals surface area (Å²) in [6, 6.07) is 17.0. The zero-order chi connectivity index (χ0) is 22.6. The van der Waals surface area contributed by atoms with Crippen LogP contribution in [-0.2, 0) is 4.74 Å². The van der Waals surface area contributed by atoms with Crippen molar-refractivity contribution in [3.63, 3.8) is 0 Å². The molecule has 3 heterocycles. The first-order valence-electron chi connectivity index (χ1n) is 10.9. The van der Waals surface area contributed by atoms with E-state index in [9.17, 15) is 4.79 Å². The average Bonchev–Trinajstić information content (AvgIpc) is 3.48. The van der Waals surface area contributed by atoms with Gasteiger partial charge in [0.05, 0.1) is 25.5 Å². The fourth-order valence-corrected chi connectivity index (χ4v) is 4.07. The Hall–Kier alpha value is -3.91. The molecule has 1 saturated heterocycles. The molecule has 2 aromatic carbocycles. The van der Waals surface area contributed by atoms with Gasteiger partial charge in [0, 0.05) is 36.7 Å². The Morgan fingerprint density at radius 2 is 2.00 bits per heavy atom. The Bertz CT molecular complexity index is 1240. The molecule has 0 radical (unpaired) electrons. The number of fused-ring (bicyclic) bond motifs is 1. The van der Waals surface area contributed by atoms with Crippen LogP contribution in [0.4, 0.5) is 5.82 Å². The van der Waals surface area contributed by atoms with Gasteiger partial charge in [-0.05, 0) is 42.8 Å². The van der Waals surface area contributed by atoms with Gasteiger partial charge in [-0.3, -0.25) is 14.2 Å². The summed E-state index contributed by atoms with van der Waals surface area (Å²) in [4.78, 5) is 21.5. The molecule has 2 N–H and O–H groups in total. The van der Waals surface area contributed by atoms with Crippen LogP contribution in [0.3, 0.4) is 0 Å². The number of amides is 1. The van der Waals surface area contributed by atoms with Crippen LogP contribution in [0.5, 0.6) is 5.75 Å². The van der Waals surface area contributed by atoms with E-state index in [2.05, 4.69) is 15.6 Å². The monoisotopic (exact) mass is 443 g/mol. The van der Waals surface area contributed by atoms with Gasteiger partial charge in [-0.1, -0.05) is 18.2 Å². The van der Waals surface area contributed by atoms with E-state index in [4.69, 9.17) is 14.5 Å². The third-order valence-electron chi connectivity index (χ3n) is 5.83. The molecule has 8 heteroatoms. The number of aromatic nitrogens is 3. The van der Waals surface area contributed by atoms with Gasteiger partial charge in [0.25, 0.3) is 5.91 Å². The molecule has 2 aromatic heterocycles. The quantitative estimate of drug-likeness (QED) is 0.455. The number of anilines is 1. The normalized spacial score (nSPS) is 17.7. The number of carbonyl (C=O) groups is 1. The summed E-state index contributed by atoms with van der Waals surface area (Å²) in [7, 11) is 1.65. The standard InChI is InChI=1S/C25H25N5O3/c1-32-19-9-7-17(8-10-19)23-24(30-13-12-26-16-22(30)29-23)28-20-11-14-33-21(20)15-27-25(31)18-5-3-2-4-6-18/h2-10,12-13,16,20-21,28H,11,14-15H2,1H3,(H,27,31). The van der Waals surface area contributed by atoms with Crippen LogP contribution in [0.1, 0.15) is 16.8 Å². The molecule has 33 heavy (non-hydrogen) atoms. The van der Waals surface area contributed by atoms with Crippen molar-refractivity contribution in [3.8, 4) is 17.0 Å². The number of rotatable bonds is 7. The number of hydrogen-bond donors (Lipinski definition) is 2. The summed E-state index contributed by atoms with van der Waals surface area (Å²) >= 11 is 0. The first-order chi connectivity index (χ1) is 16.2. The first-order valence-corrected chi connectivity index (χ1v) is 10.9. The van der Waals surface area contributed by atoms with E-state index < -0.39 is 0 Å². The maximum absolute atomic E-state index is 12.5. The Morgan fingerprint density at radius 3 is 2.79 bits per heavy atom. The third kappa shape index (κ3) is 4.38. The topological polar surface area (TPSA) is 89.8 Å². The minimum absolute atomic E-state index is 0.0196. The largest absolute Gasteiger partial charge is 0.497 e. The molecule has 8 nitrogen and oxygen atoms in total. The molecule has 0 aliphatic carbocycles.